The van der Waals surface area contributed by atoms with Crippen LogP contribution < -0.4 is 15.8 Å². The average Bonchev–Trinajstić information content (AvgIpc) is 3.14. The van der Waals surface area contributed by atoms with Crippen molar-refractivity contribution in [1.82, 2.24) is 24.4 Å². The van der Waals surface area contributed by atoms with Crippen LogP contribution in [-0.4, -0.2) is 64.9 Å². The summed E-state index contributed by atoms with van der Waals surface area (Å²) in [5, 5.41) is 3.23. The number of hydrogen-bond acceptors (Lipinski definition) is 8. The normalized spacial score (nSPS) is 17.5. The number of fused-ring (bicyclic) bond motifs is 1. The van der Waals surface area contributed by atoms with Crippen LogP contribution in [0.4, 0.5) is 17.5 Å². The number of likely N-dealkylation sites (N-methyl/N-ethyl adjacent to an activating group) is 1. The molecule has 3 N–H and O–H groups in total. The van der Waals surface area contributed by atoms with Gasteiger partial charge in [-0.1, -0.05) is 0 Å². The maximum Gasteiger partial charge on any atom is 0.231 e. The predicted octanol–water partition coefficient (Wildman–Crippen LogP) is 2.44. The van der Waals surface area contributed by atoms with Gasteiger partial charge >= 0.3 is 0 Å². The summed E-state index contributed by atoms with van der Waals surface area (Å²) in [5.74, 6) is 1.61. The fourth-order valence-electron chi connectivity index (χ4n) is 3.63. The lowest BCUT2D eigenvalue weighted by Gasteiger charge is -2.30. The number of benzene rings is 1. The van der Waals surface area contributed by atoms with Crippen molar-refractivity contribution < 1.29 is 9.47 Å². The van der Waals surface area contributed by atoms with Gasteiger partial charge in [0.1, 0.15) is 17.9 Å². The van der Waals surface area contributed by atoms with E-state index in [1.165, 1.54) is 0 Å². The molecule has 1 fully saturated rings. The molecule has 0 bridgehead atoms. The van der Waals surface area contributed by atoms with Gasteiger partial charge in [-0.15, -0.1) is 0 Å². The molecule has 3 aromatic rings. The highest BCUT2D eigenvalue weighted by Crippen LogP contribution is 2.27. The van der Waals surface area contributed by atoms with Crippen LogP contribution in [0.15, 0.2) is 30.6 Å². The number of imidazole rings is 1. The summed E-state index contributed by atoms with van der Waals surface area (Å²) >= 11 is 0. The number of anilines is 3. The maximum atomic E-state index is 6.16. The molecular formula is C20H27N7O2. The minimum atomic E-state index is 0.337. The van der Waals surface area contributed by atoms with Crippen LogP contribution in [0.25, 0.3) is 11.2 Å². The zero-order valence-electron chi connectivity index (χ0n) is 16.8. The lowest BCUT2D eigenvalue weighted by atomic mass is 10.1. The smallest absolute Gasteiger partial charge is 0.231 e. The van der Waals surface area contributed by atoms with Crippen LogP contribution in [0.3, 0.4) is 0 Å². The molecule has 1 aliphatic rings. The Bertz CT molecular complexity index is 957. The van der Waals surface area contributed by atoms with Gasteiger partial charge in [-0.3, -0.25) is 0 Å². The van der Waals surface area contributed by atoms with E-state index in [9.17, 15) is 0 Å². The van der Waals surface area contributed by atoms with Crippen molar-refractivity contribution in [1.29, 1.82) is 0 Å². The number of ether oxygens (including phenoxy) is 2. The first-order chi connectivity index (χ1) is 14.1. The Kier molecular flexibility index (Phi) is 5.77. The zero-order chi connectivity index (χ0) is 20.2. The third kappa shape index (κ3) is 4.41. The Morgan fingerprint density at radius 2 is 2.03 bits per heavy atom. The van der Waals surface area contributed by atoms with Gasteiger partial charge in [0.05, 0.1) is 12.9 Å². The molecule has 9 heteroatoms. The average molecular weight is 397 g/mol. The van der Waals surface area contributed by atoms with Gasteiger partial charge < -0.3 is 30.0 Å². The number of methoxy groups -OCH3 is 1. The predicted molar refractivity (Wildman–Crippen MR) is 113 cm³/mol. The summed E-state index contributed by atoms with van der Waals surface area (Å²) in [6, 6.07) is 7.95. The largest absolute Gasteiger partial charge is 0.491 e. The van der Waals surface area contributed by atoms with Gasteiger partial charge in [-0.25, -0.2) is 4.98 Å². The number of nitrogens with zero attached hydrogens (tertiary/aromatic N) is 5. The number of nitrogens with one attached hydrogen (secondary N) is 1. The summed E-state index contributed by atoms with van der Waals surface area (Å²) in [5.41, 5.74) is 8.42. The summed E-state index contributed by atoms with van der Waals surface area (Å²) < 4.78 is 12.7. The molecule has 154 valence electrons. The van der Waals surface area contributed by atoms with Crippen molar-refractivity contribution in [2.75, 3.05) is 51.5 Å². The number of nitrogens with two attached hydrogens (primary N) is 1. The Hall–Kier alpha value is -2.91. The molecule has 4 rings (SSSR count). The number of rotatable bonds is 7. The second kappa shape index (κ2) is 8.62. The number of nitrogen functional groups attached to an aromatic ring is 1. The van der Waals surface area contributed by atoms with Crippen molar-refractivity contribution >= 4 is 28.6 Å². The van der Waals surface area contributed by atoms with Crippen molar-refractivity contribution in [2.45, 2.75) is 18.9 Å². The summed E-state index contributed by atoms with van der Waals surface area (Å²) in [6.07, 6.45) is 4.09. The second-order valence-electron chi connectivity index (χ2n) is 7.31. The van der Waals surface area contributed by atoms with E-state index in [-0.39, 0.29) is 0 Å². The highest BCUT2D eigenvalue weighted by molar-refractivity contribution is 5.83. The van der Waals surface area contributed by atoms with Crippen LogP contribution in [0.5, 0.6) is 5.75 Å². The summed E-state index contributed by atoms with van der Waals surface area (Å²) in [4.78, 5) is 15.9. The summed E-state index contributed by atoms with van der Waals surface area (Å²) in [6.45, 7) is 3.17. The topological polar surface area (TPSA) is 103 Å². The van der Waals surface area contributed by atoms with E-state index in [4.69, 9.17) is 20.2 Å². The van der Waals surface area contributed by atoms with Crippen molar-refractivity contribution in [3.8, 4) is 5.75 Å². The number of likely N-dealkylation sites (tertiary alicyclic amines) is 1. The van der Waals surface area contributed by atoms with E-state index in [0.717, 1.165) is 43.0 Å². The molecule has 1 saturated heterocycles. The van der Waals surface area contributed by atoms with Crippen LogP contribution in [0.2, 0.25) is 0 Å². The third-order valence-electron chi connectivity index (χ3n) is 5.11. The second-order valence-corrected chi connectivity index (χ2v) is 7.31. The Labute approximate surface area is 169 Å². The number of hydrogen-bond donors (Lipinski definition) is 2. The molecule has 3 heterocycles. The Morgan fingerprint density at radius 1 is 1.21 bits per heavy atom. The highest BCUT2D eigenvalue weighted by atomic mass is 16.5. The van der Waals surface area contributed by atoms with Crippen molar-refractivity contribution in [3.05, 3.63) is 30.6 Å². The molecule has 9 nitrogen and oxygen atoms in total. The van der Waals surface area contributed by atoms with Crippen LogP contribution >= 0.6 is 0 Å². The molecule has 0 unspecified atom stereocenters. The molecule has 1 aliphatic heterocycles. The van der Waals surface area contributed by atoms with Gasteiger partial charge in [0.2, 0.25) is 5.95 Å². The van der Waals surface area contributed by atoms with Crippen molar-refractivity contribution in [2.24, 2.45) is 0 Å². The Morgan fingerprint density at radius 3 is 2.79 bits per heavy atom. The molecule has 0 saturated carbocycles. The molecule has 0 spiro atoms. The van der Waals surface area contributed by atoms with Gasteiger partial charge in [0.25, 0.3) is 0 Å². The van der Waals surface area contributed by atoms with Gasteiger partial charge in [-0.05, 0) is 50.7 Å². The van der Waals surface area contributed by atoms with E-state index < -0.39 is 0 Å². The first kappa shape index (κ1) is 19.4. The van der Waals surface area contributed by atoms with Gasteiger partial charge in [0, 0.05) is 25.4 Å². The van der Waals surface area contributed by atoms with E-state index in [0.29, 0.717) is 36.5 Å². The molecule has 1 aromatic carbocycles. The van der Waals surface area contributed by atoms with Gasteiger partial charge in [0.15, 0.2) is 11.5 Å². The van der Waals surface area contributed by atoms with Crippen LogP contribution in [0.1, 0.15) is 18.9 Å². The van der Waals surface area contributed by atoms with E-state index in [2.05, 4.69) is 31.8 Å². The number of aromatic nitrogens is 4. The first-order valence-corrected chi connectivity index (χ1v) is 9.81. The number of piperidine rings is 1. The highest BCUT2D eigenvalue weighted by Gasteiger charge is 2.22. The molecule has 1 atom stereocenters. The van der Waals surface area contributed by atoms with Gasteiger partial charge in [-0.2, -0.15) is 9.97 Å². The molecule has 2 aromatic heterocycles. The monoisotopic (exact) mass is 397 g/mol. The fraction of sp³-hybridized carbons (Fsp3) is 0.450. The third-order valence-corrected chi connectivity index (χ3v) is 5.11. The maximum absolute atomic E-state index is 6.16. The minimum Gasteiger partial charge on any atom is -0.491 e. The Balaban J connectivity index is 1.54. The van der Waals surface area contributed by atoms with E-state index in [1.807, 2.05) is 30.6 Å². The molecular weight excluding hydrogens is 370 g/mol. The molecule has 0 amide bonds. The molecule has 0 radical (unpaired) electrons. The summed E-state index contributed by atoms with van der Waals surface area (Å²) in [7, 11) is 3.79. The fourth-order valence-corrected chi connectivity index (χ4v) is 3.63. The lowest BCUT2D eigenvalue weighted by Crippen LogP contribution is -2.33. The standard InChI is InChI=1S/C20H27N7O2/c1-26-9-3-4-15(12-26)27-13-22-17-18(21)24-20(25-19(17)27)23-14-5-7-16(8-6-14)29-11-10-28-2/h5-8,13,15H,3-4,9-12H2,1-2H3,(H3,21,23,24,25)/t15-/m0/s1. The van der Waals surface area contributed by atoms with Crippen molar-refractivity contribution in [3.63, 3.8) is 0 Å². The van der Waals surface area contributed by atoms with E-state index in [1.54, 1.807) is 7.11 Å². The lowest BCUT2D eigenvalue weighted by molar-refractivity contribution is 0.146. The molecule has 0 aliphatic carbocycles. The minimum absolute atomic E-state index is 0.337. The molecule has 29 heavy (non-hydrogen) atoms. The van der Waals surface area contributed by atoms with E-state index >= 15 is 0 Å². The van der Waals surface area contributed by atoms with Crippen LogP contribution in [0, 0.1) is 0 Å². The zero-order valence-corrected chi connectivity index (χ0v) is 16.8. The SMILES string of the molecule is COCCOc1ccc(Nc2nc(N)c3ncn([C@H]4CCCN(C)C4)c3n2)cc1. The van der Waals surface area contributed by atoms with Crippen LogP contribution in [-0.2, 0) is 4.74 Å². The first-order valence-electron chi connectivity index (χ1n) is 9.81. The quantitative estimate of drug-likeness (QED) is 0.586.